The van der Waals surface area contributed by atoms with Gasteiger partial charge in [-0.1, -0.05) is 0 Å². The van der Waals surface area contributed by atoms with E-state index in [1.807, 2.05) is 0 Å². The Hall–Kier alpha value is -2.18. The zero-order valence-electron chi connectivity index (χ0n) is 8.01. The van der Waals surface area contributed by atoms with E-state index in [2.05, 4.69) is 15.1 Å². The van der Waals surface area contributed by atoms with Gasteiger partial charge in [-0.3, -0.25) is 4.79 Å². The summed E-state index contributed by atoms with van der Waals surface area (Å²) < 4.78 is 1.28. The van der Waals surface area contributed by atoms with Crippen LogP contribution in [-0.4, -0.2) is 30.8 Å². The molecule has 2 aromatic heterocycles. The van der Waals surface area contributed by atoms with Crippen LogP contribution in [0.25, 0.3) is 11.0 Å². The minimum Gasteiger partial charge on any atom is -0.480 e. The maximum atomic E-state index is 10.5. The summed E-state index contributed by atoms with van der Waals surface area (Å²) in [6.45, 7) is 1.45. The smallest absolute Gasteiger partial charge is 0.325 e. The zero-order valence-corrected chi connectivity index (χ0v) is 8.01. The second-order valence-corrected chi connectivity index (χ2v) is 3.09. The van der Waals surface area contributed by atoms with Crippen molar-refractivity contribution in [3.8, 4) is 0 Å². The molecule has 0 spiro atoms. The van der Waals surface area contributed by atoms with Gasteiger partial charge < -0.3 is 10.8 Å². The van der Waals surface area contributed by atoms with Gasteiger partial charge >= 0.3 is 5.97 Å². The lowest BCUT2D eigenvalue weighted by Gasteiger charge is -2.00. The van der Waals surface area contributed by atoms with Crippen LogP contribution in [0.1, 0.15) is 5.82 Å². The van der Waals surface area contributed by atoms with E-state index in [9.17, 15) is 4.79 Å². The number of rotatable bonds is 2. The fraction of sp³-hybridized carbons (Fsp3) is 0.250. The van der Waals surface area contributed by atoms with Crippen LogP contribution in [0.2, 0.25) is 0 Å². The highest BCUT2D eigenvalue weighted by molar-refractivity contribution is 5.85. The largest absolute Gasteiger partial charge is 0.480 e. The highest BCUT2D eigenvalue weighted by Gasteiger charge is 2.10. The van der Waals surface area contributed by atoms with Crippen LogP contribution >= 0.6 is 0 Å². The third-order valence-corrected chi connectivity index (χ3v) is 1.92. The van der Waals surface area contributed by atoms with Gasteiger partial charge in [-0.2, -0.15) is 5.10 Å². The molecule has 78 valence electrons. The molecule has 2 rings (SSSR count). The van der Waals surface area contributed by atoms with Gasteiger partial charge in [0, 0.05) is 0 Å². The average Bonchev–Trinajstić information content (AvgIpc) is 2.48. The molecular formula is C8H9N5O2. The molecule has 0 amide bonds. The van der Waals surface area contributed by atoms with E-state index in [1.54, 1.807) is 6.92 Å². The van der Waals surface area contributed by atoms with Crippen LogP contribution in [0, 0.1) is 6.92 Å². The molecule has 0 aliphatic rings. The van der Waals surface area contributed by atoms with Crippen LogP contribution in [0.3, 0.4) is 0 Å². The van der Waals surface area contributed by atoms with E-state index in [-0.39, 0.29) is 6.54 Å². The molecule has 0 aromatic carbocycles. The number of aromatic nitrogens is 4. The van der Waals surface area contributed by atoms with E-state index >= 15 is 0 Å². The number of carboxylic acid groups (broad SMARTS) is 1. The summed E-state index contributed by atoms with van der Waals surface area (Å²) in [5.74, 6) is -0.170. The predicted molar refractivity (Wildman–Crippen MR) is 52.1 cm³/mol. The molecule has 0 atom stereocenters. The van der Waals surface area contributed by atoms with Crippen molar-refractivity contribution in [3.63, 3.8) is 0 Å². The third-order valence-electron chi connectivity index (χ3n) is 1.92. The predicted octanol–water partition coefficient (Wildman–Crippen LogP) is -0.198. The molecule has 0 radical (unpaired) electrons. The minimum atomic E-state index is -0.977. The molecule has 0 aliphatic carbocycles. The van der Waals surface area contributed by atoms with Crippen LogP contribution < -0.4 is 5.73 Å². The zero-order chi connectivity index (χ0) is 11.0. The summed E-state index contributed by atoms with van der Waals surface area (Å²) in [6.07, 6.45) is 1.47. The van der Waals surface area contributed by atoms with Gasteiger partial charge in [-0.15, -0.1) is 0 Å². The van der Waals surface area contributed by atoms with Crippen molar-refractivity contribution >= 4 is 22.8 Å². The van der Waals surface area contributed by atoms with Crippen LogP contribution in [0.5, 0.6) is 0 Å². The van der Waals surface area contributed by atoms with Gasteiger partial charge in [0.2, 0.25) is 0 Å². The highest BCUT2D eigenvalue weighted by Crippen LogP contribution is 2.16. The Kier molecular flexibility index (Phi) is 2.00. The van der Waals surface area contributed by atoms with E-state index in [1.165, 1.54) is 10.9 Å². The van der Waals surface area contributed by atoms with Crippen LogP contribution in [0.15, 0.2) is 6.20 Å². The first kappa shape index (κ1) is 9.38. The molecule has 2 aromatic rings. The number of hydrogen-bond donors (Lipinski definition) is 2. The summed E-state index contributed by atoms with van der Waals surface area (Å²) in [6, 6.07) is 0. The molecule has 0 aliphatic heterocycles. The number of hydrogen-bond acceptors (Lipinski definition) is 5. The van der Waals surface area contributed by atoms with Crippen LogP contribution in [-0.2, 0) is 11.3 Å². The normalized spacial score (nSPS) is 10.7. The van der Waals surface area contributed by atoms with Gasteiger partial charge in [0.1, 0.15) is 18.2 Å². The molecule has 2 heterocycles. The molecule has 7 heteroatoms. The number of carbonyl (C=O) groups is 1. The number of anilines is 1. The topological polar surface area (TPSA) is 107 Å². The third kappa shape index (κ3) is 1.58. The Morgan fingerprint density at radius 1 is 1.60 bits per heavy atom. The Balaban J connectivity index is 2.63. The molecule has 7 nitrogen and oxygen atoms in total. The Labute approximate surface area is 84.6 Å². The second kappa shape index (κ2) is 3.19. The molecule has 0 fully saturated rings. The van der Waals surface area contributed by atoms with Crippen molar-refractivity contribution in [2.45, 2.75) is 13.5 Å². The summed E-state index contributed by atoms with van der Waals surface area (Å²) in [5, 5.41) is 13.1. The molecule has 0 bridgehead atoms. The first-order valence-corrected chi connectivity index (χ1v) is 4.25. The maximum absolute atomic E-state index is 10.5. The number of fused-ring (bicyclic) bond motifs is 1. The first-order chi connectivity index (χ1) is 7.08. The molecule has 0 saturated heterocycles. The van der Waals surface area contributed by atoms with Gasteiger partial charge in [0.25, 0.3) is 0 Å². The molecule has 0 unspecified atom stereocenters. The minimum absolute atomic E-state index is 0.237. The molecule has 15 heavy (non-hydrogen) atoms. The van der Waals surface area contributed by atoms with Crippen molar-refractivity contribution in [2.24, 2.45) is 0 Å². The standard InChI is InChI=1S/C8H9N5O2/c1-4-11-7(9)5-2-10-13(3-6(14)15)8(5)12-4/h2H,3H2,1H3,(H,14,15)(H2,9,11,12). The van der Waals surface area contributed by atoms with E-state index in [4.69, 9.17) is 10.8 Å². The number of nitrogens with zero attached hydrogens (tertiary/aromatic N) is 4. The van der Waals surface area contributed by atoms with E-state index in [0.29, 0.717) is 22.7 Å². The lowest BCUT2D eigenvalue weighted by atomic mass is 10.4. The number of carboxylic acids is 1. The van der Waals surface area contributed by atoms with Gasteiger partial charge in [0.15, 0.2) is 5.65 Å². The fourth-order valence-electron chi connectivity index (χ4n) is 1.33. The Bertz CT molecular complexity index is 533. The quantitative estimate of drug-likeness (QED) is 0.706. The average molecular weight is 207 g/mol. The van der Waals surface area contributed by atoms with Crippen molar-refractivity contribution in [1.29, 1.82) is 0 Å². The van der Waals surface area contributed by atoms with Crippen molar-refractivity contribution in [3.05, 3.63) is 12.0 Å². The lowest BCUT2D eigenvalue weighted by molar-refractivity contribution is -0.137. The number of nitrogens with two attached hydrogens (primary N) is 1. The summed E-state index contributed by atoms with van der Waals surface area (Å²) in [4.78, 5) is 18.6. The Morgan fingerprint density at radius 2 is 2.33 bits per heavy atom. The monoisotopic (exact) mass is 207 g/mol. The summed E-state index contributed by atoms with van der Waals surface area (Å²) in [7, 11) is 0. The molecular weight excluding hydrogens is 198 g/mol. The lowest BCUT2D eigenvalue weighted by Crippen LogP contribution is -2.11. The highest BCUT2D eigenvalue weighted by atomic mass is 16.4. The van der Waals surface area contributed by atoms with E-state index < -0.39 is 5.97 Å². The second-order valence-electron chi connectivity index (χ2n) is 3.09. The van der Waals surface area contributed by atoms with Crippen LogP contribution in [0.4, 0.5) is 5.82 Å². The van der Waals surface area contributed by atoms with Crippen molar-refractivity contribution in [1.82, 2.24) is 19.7 Å². The molecule has 0 saturated carbocycles. The Morgan fingerprint density at radius 3 is 3.00 bits per heavy atom. The number of aryl methyl sites for hydroxylation is 1. The van der Waals surface area contributed by atoms with Gasteiger partial charge in [0.05, 0.1) is 11.6 Å². The molecule has 3 N–H and O–H groups in total. The van der Waals surface area contributed by atoms with Crippen molar-refractivity contribution < 1.29 is 9.90 Å². The van der Waals surface area contributed by atoms with Gasteiger partial charge in [-0.05, 0) is 6.92 Å². The number of aliphatic carboxylic acids is 1. The van der Waals surface area contributed by atoms with Crippen molar-refractivity contribution in [2.75, 3.05) is 5.73 Å². The maximum Gasteiger partial charge on any atom is 0.325 e. The fourth-order valence-corrected chi connectivity index (χ4v) is 1.33. The SMILES string of the molecule is Cc1nc(N)c2cnn(CC(=O)O)c2n1. The van der Waals surface area contributed by atoms with Gasteiger partial charge in [-0.25, -0.2) is 14.6 Å². The summed E-state index contributed by atoms with van der Waals surface area (Å²) >= 11 is 0. The summed E-state index contributed by atoms with van der Waals surface area (Å²) in [5.41, 5.74) is 6.10. The number of nitrogen functional groups attached to an aromatic ring is 1. The first-order valence-electron chi connectivity index (χ1n) is 4.25. The van der Waals surface area contributed by atoms with E-state index in [0.717, 1.165) is 0 Å².